The van der Waals surface area contributed by atoms with Gasteiger partial charge >= 0.3 is 5.69 Å². The van der Waals surface area contributed by atoms with Crippen LogP contribution in [0.4, 0.5) is 5.69 Å². The van der Waals surface area contributed by atoms with Crippen molar-refractivity contribution in [2.75, 3.05) is 0 Å². The fraction of sp³-hybridized carbons (Fsp3) is 0. The Morgan fingerprint density at radius 1 is 1.08 bits per heavy atom. The van der Waals surface area contributed by atoms with Crippen molar-refractivity contribution >= 4 is 28.3 Å². The molecule has 1 aliphatic heterocycles. The Kier molecular flexibility index (Phi) is 3.37. The van der Waals surface area contributed by atoms with Crippen LogP contribution in [-0.2, 0) is 0 Å². The summed E-state index contributed by atoms with van der Waals surface area (Å²) in [5.74, 6) is -1.43. The SMILES string of the molecule is O=C1C(=Cc2cc(O)c(O)c([N+](=O)[O-])c2)Oc2c1ccc1ccccc21. The number of phenols is 2. The van der Waals surface area contributed by atoms with E-state index in [1.54, 1.807) is 6.07 Å². The van der Waals surface area contributed by atoms with Gasteiger partial charge in [-0.05, 0) is 29.2 Å². The predicted molar refractivity (Wildman–Crippen MR) is 93.3 cm³/mol. The molecule has 0 radical (unpaired) electrons. The number of aromatic hydroxyl groups is 2. The third-order valence-corrected chi connectivity index (χ3v) is 4.15. The van der Waals surface area contributed by atoms with E-state index in [1.807, 2.05) is 30.3 Å². The molecule has 26 heavy (non-hydrogen) atoms. The van der Waals surface area contributed by atoms with Crippen LogP contribution in [0.15, 0.2) is 54.3 Å². The first-order valence-electron chi connectivity index (χ1n) is 7.62. The van der Waals surface area contributed by atoms with E-state index in [4.69, 9.17) is 4.74 Å². The molecule has 7 heteroatoms. The highest BCUT2D eigenvalue weighted by atomic mass is 16.6. The standard InChI is InChI=1S/C19H11NO6/c21-15-8-10(7-14(18(15)23)20(24)25)9-16-17(22)13-6-5-11-3-1-2-4-12(11)19(13)26-16/h1-9,21,23H. The van der Waals surface area contributed by atoms with Crippen LogP contribution in [0.3, 0.4) is 0 Å². The van der Waals surface area contributed by atoms with Crippen LogP contribution < -0.4 is 4.74 Å². The van der Waals surface area contributed by atoms with Crippen LogP contribution in [0.25, 0.3) is 16.8 Å². The summed E-state index contributed by atoms with van der Waals surface area (Å²) in [5, 5.41) is 31.9. The second-order valence-corrected chi connectivity index (χ2v) is 5.77. The lowest BCUT2D eigenvalue weighted by molar-refractivity contribution is -0.386. The third kappa shape index (κ3) is 2.34. The Morgan fingerprint density at radius 3 is 2.62 bits per heavy atom. The number of carbonyl (C=O) groups is 1. The van der Waals surface area contributed by atoms with E-state index in [2.05, 4.69) is 0 Å². The van der Waals surface area contributed by atoms with Crippen molar-refractivity contribution in [2.45, 2.75) is 0 Å². The minimum absolute atomic E-state index is 0.0178. The first kappa shape index (κ1) is 15.6. The fourth-order valence-corrected chi connectivity index (χ4v) is 2.92. The second kappa shape index (κ2) is 5.59. The molecule has 0 bridgehead atoms. The molecule has 0 saturated heterocycles. The number of benzene rings is 3. The maximum absolute atomic E-state index is 12.6. The number of fused-ring (bicyclic) bond motifs is 3. The van der Waals surface area contributed by atoms with Crippen LogP contribution in [-0.4, -0.2) is 20.9 Å². The molecule has 1 aliphatic rings. The maximum Gasteiger partial charge on any atom is 0.315 e. The summed E-state index contributed by atoms with van der Waals surface area (Å²) in [6.45, 7) is 0. The summed E-state index contributed by atoms with van der Waals surface area (Å²) in [5.41, 5.74) is -0.106. The molecule has 1 heterocycles. The largest absolute Gasteiger partial charge is 0.504 e. The molecule has 3 aromatic rings. The molecular weight excluding hydrogens is 338 g/mol. The van der Waals surface area contributed by atoms with Gasteiger partial charge in [0, 0.05) is 11.5 Å². The van der Waals surface area contributed by atoms with Gasteiger partial charge in [0.25, 0.3) is 0 Å². The number of phenolic OH excluding ortho intramolecular Hbond substituents is 2. The van der Waals surface area contributed by atoms with E-state index in [-0.39, 0.29) is 17.1 Å². The number of ketones is 1. The quantitative estimate of drug-likeness (QED) is 0.315. The summed E-state index contributed by atoms with van der Waals surface area (Å²) in [7, 11) is 0. The van der Waals surface area contributed by atoms with Crippen LogP contribution in [0.5, 0.6) is 17.2 Å². The van der Waals surface area contributed by atoms with Crippen LogP contribution in [0.1, 0.15) is 15.9 Å². The molecule has 7 nitrogen and oxygen atoms in total. The number of nitro benzene ring substituents is 1. The molecule has 0 aromatic heterocycles. The number of nitro groups is 1. The van der Waals surface area contributed by atoms with Gasteiger partial charge in [-0.15, -0.1) is 0 Å². The molecule has 128 valence electrons. The normalized spacial score (nSPS) is 14.5. The number of hydrogen-bond acceptors (Lipinski definition) is 6. The number of rotatable bonds is 2. The van der Waals surface area contributed by atoms with Crippen LogP contribution in [0.2, 0.25) is 0 Å². The smallest absolute Gasteiger partial charge is 0.315 e. The Bertz CT molecular complexity index is 1130. The lowest BCUT2D eigenvalue weighted by atomic mass is 10.0. The van der Waals surface area contributed by atoms with Crippen molar-refractivity contribution < 1.29 is 24.7 Å². The minimum Gasteiger partial charge on any atom is -0.504 e. The van der Waals surface area contributed by atoms with E-state index in [1.165, 1.54) is 6.08 Å². The molecule has 0 spiro atoms. The van der Waals surface area contributed by atoms with Gasteiger partial charge in [0.05, 0.1) is 10.5 Å². The molecule has 0 atom stereocenters. The minimum atomic E-state index is -0.829. The topological polar surface area (TPSA) is 110 Å². The Hall–Kier alpha value is -3.87. The monoisotopic (exact) mass is 349 g/mol. The maximum atomic E-state index is 12.6. The van der Waals surface area contributed by atoms with E-state index >= 15 is 0 Å². The van der Waals surface area contributed by atoms with E-state index < -0.39 is 22.1 Å². The van der Waals surface area contributed by atoms with Gasteiger partial charge in [-0.1, -0.05) is 30.3 Å². The lowest BCUT2D eigenvalue weighted by Crippen LogP contribution is -1.98. The van der Waals surface area contributed by atoms with Gasteiger partial charge in [-0.25, -0.2) is 0 Å². The average Bonchev–Trinajstić information content (AvgIpc) is 2.94. The zero-order valence-electron chi connectivity index (χ0n) is 13.2. The number of ether oxygens (including phenoxy) is 1. The summed E-state index contributed by atoms with van der Waals surface area (Å²) >= 11 is 0. The fourth-order valence-electron chi connectivity index (χ4n) is 2.92. The van der Waals surface area contributed by atoms with Crippen LogP contribution >= 0.6 is 0 Å². The summed E-state index contributed by atoms with van der Waals surface area (Å²) in [6.07, 6.45) is 1.29. The van der Waals surface area contributed by atoms with Gasteiger partial charge in [-0.2, -0.15) is 0 Å². The van der Waals surface area contributed by atoms with Gasteiger partial charge in [-0.3, -0.25) is 14.9 Å². The van der Waals surface area contributed by atoms with Crippen molar-refractivity contribution in [2.24, 2.45) is 0 Å². The Labute approximate surface area is 146 Å². The summed E-state index contributed by atoms with van der Waals surface area (Å²) in [6, 6.07) is 13.1. The highest BCUT2D eigenvalue weighted by Gasteiger charge is 2.29. The van der Waals surface area contributed by atoms with E-state index in [9.17, 15) is 25.1 Å². The molecule has 2 N–H and O–H groups in total. The summed E-state index contributed by atoms with van der Waals surface area (Å²) < 4.78 is 5.70. The molecule has 4 rings (SSSR count). The van der Waals surface area contributed by atoms with Gasteiger partial charge in [0.15, 0.2) is 11.5 Å². The molecule has 0 amide bonds. The lowest BCUT2D eigenvalue weighted by Gasteiger charge is -2.04. The van der Waals surface area contributed by atoms with Crippen molar-refractivity contribution in [1.82, 2.24) is 0 Å². The first-order chi connectivity index (χ1) is 12.5. The van der Waals surface area contributed by atoms with E-state index in [0.29, 0.717) is 11.3 Å². The third-order valence-electron chi connectivity index (χ3n) is 4.15. The van der Waals surface area contributed by atoms with Crippen molar-refractivity contribution in [3.05, 3.63) is 75.5 Å². The predicted octanol–water partition coefficient (Wildman–Crippen LogP) is 3.78. The summed E-state index contributed by atoms with van der Waals surface area (Å²) in [4.78, 5) is 22.7. The molecule has 3 aromatic carbocycles. The Morgan fingerprint density at radius 2 is 1.85 bits per heavy atom. The highest BCUT2D eigenvalue weighted by Crippen LogP contribution is 2.40. The van der Waals surface area contributed by atoms with Gasteiger partial charge in [0.2, 0.25) is 11.5 Å². The Balaban J connectivity index is 1.82. The highest BCUT2D eigenvalue weighted by molar-refractivity contribution is 6.17. The number of Topliss-reactive ketones (excluding diaryl/α,β-unsaturated/α-hetero) is 1. The van der Waals surface area contributed by atoms with Crippen LogP contribution in [0, 0.1) is 10.1 Å². The second-order valence-electron chi connectivity index (χ2n) is 5.77. The molecule has 0 fully saturated rings. The molecular formula is C19H11NO6. The van der Waals surface area contributed by atoms with E-state index in [0.717, 1.165) is 22.9 Å². The van der Waals surface area contributed by atoms with Gasteiger partial charge in [0.1, 0.15) is 5.75 Å². The van der Waals surface area contributed by atoms with Crippen molar-refractivity contribution in [1.29, 1.82) is 0 Å². The average molecular weight is 349 g/mol. The number of hydrogen-bond donors (Lipinski definition) is 2. The number of allylic oxidation sites excluding steroid dienone is 1. The van der Waals surface area contributed by atoms with Crippen molar-refractivity contribution in [3.8, 4) is 17.2 Å². The number of carbonyl (C=O) groups excluding carboxylic acids is 1. The zero-order chi connectivity index (χ0) is 18.4. The first-order valence-corrected chi connectivity index (χ1v) is 7.62. The van der Waals surface area contributed by atoms with Gasteiger partial charge < -0.3 is 14.9 Å². The molecule has 0 aliphatic carbocycles. The zero-order valence-corrected chi connectivity index (χ0v) is 13.2. The molecule has 0 unspecified atom stereocenters. The van der Waals surface area contributed by atoms with Crippen molar-refractivity contribution in [3.63, 3.8) is 0 Å². The number of nitrogens with zero attached hydrogens (tertiary/aromatic N) is 1. The molecule has 0 saturated carbocycles.